The Morgan fingerprint density at radius 3 is 2.63 bits per heavy atom. The van der Waals surface area contributed by atoms with Crippen molar-refractivity contribution in [1.82, 2.24) is 10.2 Å². The number of H-pyrrole nitrogens is 1. The van der Waals surface area contributed by atoms with Gasteiger partial charge in [-0.2, -0.15) is 18.3 Å². The topological polar surface area (TPSA) is 57.8 Å². The maximum absolute atomic E-state index is 12.7. The van der Waals surface area contributed by atoms with Gasteiger partial charge in [0.05, 0.1) is 11.8 Å². The van der Waals surface area contributed by atoms with Gasteiger partial charge < -0.3 is 5.32 Å². The van der Waals surface area contributed by atoms with Crippen molar-refractivity contribution < 1.29 is 18.0 Å². The van der Waals surface area contributed by atoms with Crippen LogP contribution in [-0.2, 0) is 6.18 Å². The van der Waals surface area contributed by atoms with Crippen LogP contribution in [0.2, 0.25) is 0 Å². The summed E-state index contributed by atoms with van der Waals surface area (Å²) in [5.41, 5.74) is -0.991. The number of amides is 1. The Morgan fingerprint density at radius 1 is 1.32 bits per heavy atom. The number of anilines is 1. The summed E-state index contributed by atoms with van der Waals surface area (Å²) in [6.07, 6.45) is -3.11. The highest BCUT2D eigenvalue weighted by atomic mass is 79.9. The molecule has 2 N–H and O–H groups in total. The second-order valence-corrected chi connectivity index (χ2v) is 4.47. The quantitative estimate of drug-likeness (QED) is 0.884. The number of aromatic amines is 1. The summed E-state index contributed by atoms with van der Waals surface area (Å²) < 4.78 is 38.0. The molecule has 1 amide bonds. The fraction of sp³-hybridized carbons (Fsp3) is 0.0909. The molecule has 1 aromatic carbocycles. The first kappa shape index (κ1) is 13.6. The molecule has 0 unspecified atom stereocenters. The Bertz CT molecular complexity index is 596. The van der Waals surface area contributed by atoms with E-state index >= 15 is 0 Å². The SMILES string of the molecule is O=C(Nc1ccn[nH]1)c1ccc(Br)c(C(F)(F)F)c1. The van der Waals surface area contributed by atoms with Crippen LogP contribution >= 0.6 is 15.9 Å². The number of alkyl halides is 3. The smallest absolute Gasteiger partial charge is 0.307 e. The predicted octanol–water partition coefficient (Wildman–Crippen LogP) is 3.44. The molecule has 19 heavy (non-hydrogen) atoms. The molecule has 1 aromatic heterocycles. The Morgan fingerprint density at radius 2 is 2.05 bits per heavy atom. The Kier molecular flexibility index (Phi) is 3.61. The summed E-state index contributed by atoms with van der Waals surface area (Å²) in [4.78, 5) is 11.8. The molecule has 2 aromatic rings. The molecular weight excluding hydrogens is 327 g/mol. The highest BCUT2D eigenvalue weighted by Gasteiger charge is 2.33. The first-order chi connectivity index (χ1) is 8.88. The number of hydrogen-bond acceptors (Lipinski definition) is 2. The van der Waals surface area contributed by atoms with Crippen molar-refractivity contribution in [1.29, 1.82) is 0 Å². The van der Waals surface area contributed by atoms with E-state index in [0.29, 0.717) is 5.82 Å². The number of rotatable bonds is 2. The van der Waals surface area contributed by atoms with E-state index in [9.17, 15) is 18.0 Å². The van der Waals surface area contributed by atoms with E-state index in [4.69, 9.17) is 0 Å². The lowest BCUT2D eigenvalue weighted by Crippen LogP contribution is -2.14. The van der Waals surface area contributed by atoms with Crippen LogP contribution in [-0.4, -0.2) is 16.1 Å². The lowest BCUT2D eigenvalue weighted by atomic mass is 10.1. The third-order valence-corrected chi connectivity index (χ3v) is 2.97. The van der Waals surface area contributed by atoms with Crippen LogP contribution in [0.1, 0.15) is 15.9 Å². The van der Waals surface area contributed by atoms with Gasteiger partial charge in [0.25, 0.3) is 5.91 Å². The first-order valence-electron chi connectivity index (χ1n) is 5.05. The molecule has 100 valence electrons. The summed E-state index contributed by atoms with van der Waals surface area (Å²) >= 11 is 2.81. The number of benzene rings is 1. The standard InChI is InChI=1S/C11H7BrF3N3O/c12-8-2-1-6(5-7(8)11(13,14)15)10(19)17-9-3-4-16-18-9/h1-5H,(H2,16,17,18,19). The van der Waals surface area contributed by atoms with E-state index in [1.807, 2.05) is 0 Å². The molecular formula is C11H7BrF3N3O. The van der Waals surface area contributed by atoms with E-state index in [0.717, 1.165) is 6.07 Å². The summed E-state index contributed by atoms with van der Waals surface area (Å²) in [5.74, 6) is -0.344. The molecule has 0 aliphatic rings. The van der Waals surface area contributed by atoms with Crippen LogP contribution in [0, 0.1) is 0 Å². The minimum absolute atomic E-state index is 0.0925. The van der Waals surface area contributed by atoms with Gasteiger partial charge in [-0.05, 0) is 18.2 Å². The second-order valence-electron chi connectivity index (χ2n) is 3.62. The van der Waals surface area contributed by atoms with Gasteiger partial charge in [-0.1, -0.05) is 15.9 Å². The summed E-state index contributed by atoms with van der Waals surface area (Å²) in [5, 5.41) is 8.49. The van der Waals surface area contributed by atoms with Crippen LogP contribution in [0.3, 0.4) is 0 Å². The highest BCUT2D eigenvalue weighted by Crippen LogP contribution is 2.35. The lowest BCUT2D eigenvalue weighted by Gasteiger charge is -2.10. The fourth-order valence-corrected chi connectivity index (χ4v) is 1.88. The van der Waals surface area contributed by atoms with E-state index in [1.165, 1.54) is 24.4 Å². The summed E-state index contributed by atoms with van der Waals surface area (Å²) in [6, 6.07) is 4.76. The van der Waals surface area contributed by atoms with Crippen LogP contribution in [0.15, 0.2) is 34.9 Å². The minimum Gasteiger partial charge on any atom is -0.307 e. The zero-order chi connectivity index (χ0) is 14.0. The van der Waals surface area contributed by atoms with Crippen molar-refractivity contribution in [3.63, 3.8) is 0 Å². The van der Waals surface area contributed by atoms with Gasteiger partial charge in [-0.15, -0.1) is 0 Å². The minimum atomic E-state index is -4.52. The van der Waals surface area contributed by atoms with Crippen molar-refractivity contribution in [2.24, 2.45) is 0 Å². The maximum Gasteiger partial charge on any atom is 0.417 e. The zero-order valence-electron chi connectivity index (χ0n) is 9.25. The van der Waals surface area contributed by atoms with Crippen molar-refractivity contribution >= 4 is 27.7 Å². The highest BCUT2D eigenvalue weighted by molar-refractivity contribution is 9.10. The number of halogens is 4. The Labute approximate surface area is 114 Å². The van der Waals surface area contributed by atoms with Crippen molar-refractivity contribution in [2.75, 3.05) is 5.32 Å². The number of carbonyl (C=O) groups excluding carboxylic acids is 1. The molecule has 0 saturated carbocycles. The van der Waals surface area contributed by atoms with Crippen molar-refractivity contribution in [3.8, 4) is 0 Å². The van der Waals surface area contributed by atoms with Crippen LogP contribution < -0.4 is 5.32 Å². The molecule has 0 aliphatic carbocycles. The van der Waals surface area contributed by atoms with E-state index in [1.54, 1.807) is 0 Å². The largest absolute Gasteiger partial charge is 0.417 e. The zero-order valence-corrected chi connectivity index (χ0v) is 10.8. The molecule has 0 radical (unpaired) electrons. The van der Waals surface area contributed by atoms with Crippen molar-refractivity contribution in [2.45, 2.75) is 6.18 Å². The van der Waals surface area contributed by atoms with Gasteiger partial charge in [0.2, 0.25) is 0 Å². The van der Waals surface area contributed by atoms with Gasteiger partial charge in [-0.3, -0.25) is 9.89 Å². The number of nitrogens with one attached hydrogen (secondary N) is 2. The fourth-order valence-electron chi connectivity index (χ4n) is 1.40. The van der Waals surface area contributed by atoms with E-state index in [2.05, 4.69) is 31.4 Å². The molecule has 2 rings (SSSR count). The number of aromatic nitrogens is 2. The normalized spacial score (nSPS) is 11.4. The molecule has 0 fully saturated rings. The molecule has 0 saturated heterocycles. The predicted molar refractivity (Wildman–Crippen MR) is 65.7 cm³/mol. The average molecular weight is 334 g/mol. The third-order valence-electron chi connectivity index (χ3n) is 2.28. The molecule has 0 aliphatic heterocycles. The average Bonchev–Trinajstić information content (AvgIpc) is 2.80. The summed E-state index contributed by atoms with van der Waals surface area (Å²) in [7, 11) is 0. The lowest BCUT2D eigenvalue weighted by molar-refractivity contribution is -0.138. The van der Waals surface area contributed by atoms with Gasteiger partial charge in [-0.25, -0.2) is 0 Å². The number of nitrogens with zero attached hydrogens (tertiary/aromatic N) is 1. The third kappa shape index (κ3) is 3.14. The van der Waals surface area contributed by atoms with Crippen molar-refractivity contribution in [3.05, 3.63) is 46.1 Å². The van der Waals surface area contributed by atoms with Crippen LogP contribution in [0.5, 0.6) is 0 Å². The van der Waals surface area contributed by atoms with E-state index in [-0.39, 0.29) is 10.0 Å². The van der Waals surface area contributed by atoms with Crippen LogP contribution in [0.25, 0.3) is 0 Å². The van der Waals surface area contributed by atoms with Gasteiger partial charge in [0, 0.05) is 16.1 Å². The molecule has 1 heterocycles. The monoisotopic (exact) mass is 333 g/mol. The number of hydrogen-bond donors (Lipinski definition) is 2. The first-order valence-corrected chi connectivity index (χ1v) is 5.84. The molecule has 0 atom stereocenters. The Hall–Kier alpha value is -1.83. The Balaban J connectivity index is 2.28. The van der Waals surface area contributed by atoms with Gasteiger partial charge in [0.1, 0.15) is 5.82 Å². The van der Waals surface area contributed by atoms with Crippen LogP contribution in [0.4, 0.5) is 19.0 Å². The molecule has 4 nitrogen and oxygen atoms in total. The molecule has 0 spiro atoms. The summed E-state index contributed by atoms with van der Waals surface area (Å²) in [6.45, 7) is 0. The molecule has 0 bridgehead atoms. The van der Waals surface area contributed by atoms with E-state index < -0.39 is 17.6 Å². The number of carbonyl (C=O) groups is 1. The molecule has 8 heteroatoms. The maximum atomic E-state index is 12.7. The second kappa shape index (κ2) is 5.04. The van der Waals surface area contributed by atoms with Gasteiger partial charge in [0.15, 0.2) is 0 Å². The van der Waals surface area contributed by atoms with Gasteiger partial charge >= 0.3 is 6.18 Å².